The second-order valence-electron chi connectivity index (χ2n) is 8.85. The summed E-state index contributed by atoms with van der Waals surface area (Å²) >= 11 is 1.06. The number of rotatable bonds is 7. The molecule has 3 aromatic carbocycles. The van der Waals surface area contributed by atoms with Gasteiger partial charge in [0.2, 0.25) is 0 Å². The second-order valence-corrected chi connectivity index (χ2v) is 11.8. The van der Waals surface area contributed by atoms with Crippen LogP contribution in [0.3, 0.4) is 0 Å². The van der Waals surface area contributed by atoms with Gasteiger partial charge in [-0.2, -0.15) is 0 Å². The maximum atomic E-state index is 13.3. The van der Waals surface area contributed by atoms with Crippen molar-refractivity contribution in [3.05, 3.63) is 130 Å². The van der Waals surface area contributed by atoms with Gasteiger partial charge in [-0.3, -0.25) is 19.0 Å². The minimum atomic E-state index is -4.19. The number of nitrogens with one attached hydrogen (secondary N) is 2. The maximum Gasteiger partial charge on any atom is 0.273 e. The summed E-state index contributed by atoms with van der Waals surface area (Å²) in [5.41, 5.74) is 2.00. The summed E-state index contributed by atoms with van der Waals surface area (Å²) in [6.07, 6.45) is 1.62. The standard InChI is InChI=1S/C29H23N3O5S2/c1-19-10-11-22-18-26(38-24(22)17-19)39(36,37)31-29(35)27(20-7-3-2-4-8-20)30-28(34)21-12-14-23(15-13-21)32-16-6-5-9-25(32)33/h2-18,27H,1H3,(H,30,34)(H,31,35). The van der Waals surface area contributed by atoms with E-state index in [-0.39, 0.29) is 15.3 Å². The SMILES string of the molecule is Cc1ccc2cc(S(=O)(=O)NC(=O)C(NC(=O)c3ccc(-n4ccccc4=O)cc3)c3ccccc3)sc2c1. The fraction of sp³-hybridized carbons (Fsp3) is 0.0690. The van der Waals surface area contributed by atoms with Crippen molar-refractivity contribution in [1.82, 2.24) is 14.6 Å². The third kappa shape index (κ3) is 5.66. The van der Waals surface area contributed by atoms with Crippen molar-refractivity contribution >= 4 is 43.3 Å². The first kappa shape index (κ1) is 26.1. The first-order valence-corrected chi connectivity index (χ1v) is 14.2. The molecule has 0 saturated carbocycles. The van der Waals surface area contributed by atoms with Crippen LogP contribution in [0.2, 0.25) is 0 Å². The molecule has 0 radical (unpaired) electrons. The van der Waals surface area contributed by atoms with E-state index in [1.807, 2.05) is 25.1 Å². The van der Waals surface area contributed by atoms with Gasteiger partial charge in [0.25, 0.3) is 27.4 Å². The van der Waals surface area contributed by atoms with Crippen LogP contribution in [-0.4, -0.2) is 24.8 Å². The largest absolute Gasteiger partial charge is 0.336 e. The molecule has 8 nitrogen and oxygen atoms in total. The molecule has 0 aliphatic heterocycles. The van der Waals surface area contributed by atoms with Crippen LogP contribution in [-0.2, 0) is 14.8 Å². The van der Waals surface area contributed by atoms with E-state index in [1.54, 1.807) is 60.8 Å². The molecule has 2 N–H and O–H groups in total. The van der Waals surface area contributed by atoms with E-state index in [0.29, 0.717) is 11.3 Å². The third-order valence-corrected chi connectivity index (χ3v) is 8.97. The number of aryl methyl sites for hydroxylation is 1. The number of sulfonamides is 1. The number of fused-ring (bicyclic) bond motifs is 1. The van der Waals surface area contributed by atoms with Gasteiger partial charge in [-0.1, -0.05) is 48.5 Å². The number of amides is 2. The molecule has 10 heteroatoms. The molecule has 0 saturated heterocycles. The molecular weight excluding hydrogens is 534 g/mol. The minimum absolute atomic E-state index is 0.00123. The molecule has 2 amide bonds. The molecule has 0 aliphatic carbocycles. The first-order chi connectivity index (χ1) is 18.7. The van der Waals surface area contributed by atoms with E-state index in [1.165, 1.54) is 28.8 Å². The molecule has 39 heavy (non-hydrogen) atoms. The summed E-state index contributed by atoms with van der Waals surface area (Å²) in [6.45, 7) is 1.91. The van der Waals surface area contributed by atoms with Crippen molar-refractivity contribution in [2.45, 2.75) is 17.2 Å². The Labute approximate surface area is 228 Å². The van der Waals surface area contributed by atoms with Crippen LogP contribution in [0.15, 0.2) is 112 Å². The Hall–Kier alpha value is -4.54. The van der Waals surface area contributed by atoms with Crippen molar-refractivity contribution in [2.24, 2.45) is 0 Å². The summed E-state index contributed by atoms with van der Waals surface area (Å²) in [5.74, 6) is -1.48. The van der Waals surface area contributed by atoms with Gasteiger partial charge in [-0.25, -0.2) is 13.1 Å². The number of thiophene rings is 1. The molecule has 0 fully saturated rings. The first-order valence-electron chi connectivity index (χ1n) is 11.9. The average molecular weight is 558 g/mol. The molecule has 1 atom stereocenters. The summed E-state index contributed by atoms with van der Waals surface area (Å²) < 4.78 is 30.6. The van der Waals surface area contributed by atoms with Gasteiger partial charge in [-0.05, 0) is 65.9 Å². The fourth-order valence-electron chi connectivity index (χ4n) is 4.06. The number of hydrogen-bond acceptors (Lipinski definition) is 6. The van der Waals surface area contributed by atoms with Crippen molar-refractivity contribution in [3.8, 4) is 5.69 Å². The predicted octanol–water partition coefficient (Wildman–Crippen LogP) is 4.34. The molecule has 0 spiro atoms. The Balaban J connectivity index is 1.39. The van der Waals surface area contributed by atoms with Gasteiger partial charge in [-0.15, -0.1) is 11.3 Å². The van der Waals surface area contributed by atoms with Crippen molar-refractivity contribution in [1.29, 1.82) is 0 Å². The van der Waals surface area contributed by atoms with Crippen LogP contribution in [0.5, 0.6) is 0 Å². The van der Waals surface area contributed by atoms with Crippen molar-refractivity contribution in [3.63, 3.8) is 0 Å². The van der Waals surface area contributed by atoms with Gasteiger partial charge in [0.1, 0.15) is 10.3 Å². The average Bonchev–Trinajstić information content (AvgIpc) is 3.37. The van der Waals surface area contributed by atoms with Crippen LogP contribution < -0.4 is 15.6 Å². The van der Waals surface area contributed by atoms with Crippen LogP contribution >= 0.6 is 11.3 Å². The minimum Gasteiger partial charge on any atom is -0.336 e. The normalized spacial score (nSPS) is 12.1. The molecule has 0 aliphatic rings. The van der Waals surface area contributed by atoms with E-state index in [2.05, 4.69) is 10.0 Å². The highest BCUT2D eigenvalue weighted by Crippen LogP contribution is 2.30. The number of carbonyl (C=O) groups is 2. The Morgan fingerprint density at radius 3 is 2.31 bits per heavy atom. The lowest BCUT2D eigenvalue weighted by Gasteiger charge is -2.19. The Morgan fingerprint density at radius 2 is 1.59 bits per heavy atom. The van der Waals surface area contributed by atoms with Crippen molar-refractivity contribution < 1.29 is 18.0 Å². The van der Waals surface area contributed by atoms with Gasteiger partial charge in [0.15, 0.2) is 0 Å². The number of benzene rings is 3. The number of hydrogen-bond donors (Lipinski definition) is 2. The highest BCUT2D eigenvalue weighted by molar-refractivity contribution is 7.92. The molecular formula is C29H23N3O5S2. The smallest absolute Gasteiger partial charge is 0.273 e. The maximum absolute atomic E-state index is 13.3. The molecule has 2 aromatic heterocycles. The lowest BCUT2D eigenvalue weighted by atomic mass is 10.1. The van der Waals surface area contributed by atoms with E-state index in [4.69, 9.17) is 0 Å². The predicted molar refractivity (Wildman–Crippen MR) is 151 cm³/mol. The molecule has 196 valence electrons. The fourth-order valence-corrected chi connectivity index (χ4v) is 6.55. The van der Waals surface area contributed by atoms with E-state index < -0.39 is 27.9 Å². The molecule has 5 rings (SSSR count). The van der Waals surface area contributed by atoms with E-state index in [0.717, 1.165) is 27.0 Å². The summed E-state index contributed by atoms with van der Waals surface area (Å²) in [6, 6.07) is 25.3. The highest BCUT2D eigenvalue weighted by Gasteiger charge is 2.29. The molecule has 2 heterocycles. The van der Waals surface area contributed by atoms with Crippen LogP contribution in [0.4, 0.5) is 0 Å². The highest BCUT2D eigenvalue weighted by atomic mass is 32.2. The molecule has 0 bridgehead atoms. The van der Waals surface area contributed by atoms with Crippen molar-refractivity contribution in [2.75, 3.05) is 0 Å². The Kier molecular flexibility index (Phi) is 7.14. The number of carbonyl (C=O) groups excluding carboxylic acids is 2. The van der Waals surface area contributed by atoms with Gasteiger partial charge < -0.3 is 5.32 Å². The molecule has 1 unspecified atom stereocenters. The zero-order valence-corrected chi connectivity index (χ0v) is 22.3. The number of nitrogens with zero attached hydrogens (tertiary/aromatic N) is 1. The van der Waals surface area contributed by atoms with Gasteiger partial charge in [0, 0.05) is 28.2 Å². The van der Waals surface area contributed by atoms with Crippen LogP contribution in [0.1, 0.15) is 27.5 Å². The quantitative estimate of drug-likeness (QED) is 0.309. The monoisotopic (exact) mass is 557 g/mol. The van der Waals surface area contributed by atoms with Gasteiger partial charge >= 0.3 is 0 Å². The van der Waals surface area contributed by atoms with E-state index >= 15 is 0 Å². The Morgan fingerprint density at radius 1 is 0.872 bits per heavy atom. The zero-order valence-electron chi connectivity index (χ0n) is 20.7. The topological polar surface area (TPSA) is 114 Å². The summed E-state index contributed by atoms with van der Waals surface area (Å²) in [4.78, 5) is 38.5. The van der Waals surface area contributed by atoms with Crippen LogP contribution in [0.25, 0.3) is 15.8 Å². The van der Waals surface area contributed by atoms with Gasteiger partial charge in [0.05, 0.1) is 0 Å². The lowest BCUT2D eigenvalue weighted by molar-refractivity contribution is -0.121. The van der Waals surface area contributed by atoms with E-state index in [9.17, 15) is 22.8 Å². The second kappa shape index (κ2) is 10.7. The lowest BCUT2D eigenvalue weighted by Crippen LogP contribution is -2.42. The number of pyridine rings is 1. The third-order valence-electron chi connectivity index (χ3n) is 6.05. The number of aromatic nitrogens is 1. The summed E-state index contributed by atoms with van der Waals surface area (Å²) in [5, 5.41) is 3.40. The summed E-state index contributed by atoms with van der Waals surface area (Å²) in [7, 11) is -4.19. The zero-order chi connectivity index (χ0) is 27.6. The Bertz CT molecular complexity index is 1840. The molecule has 5 aromatic rings. The van der Waals surface area contributed by atoms with Crippen LogP contribution in [0, 0.1) is 6.92 Å².